The molecule has 1 aromatic heterocycles. The van der Waals surface area contributed by atoms with Gasteiger partial charge >= 0.3 is 0 Å². The van der Waals surface area contributed by atoms with Crippen LogP contribution in [0.1, 0.15) is 43.6 Å². The molecule has 0 aliphatic carbocycles. The first-order valence-electron chi connectivity index (χ1n) is 10.2. The van der Waals surface area contributed by atoms with E-state index in [-0.39, 0.29) is 30.1 Å². The summed E-state index contributed by atoms with van der Waals surface area (Å²) in [5, 5.41) is 25.3. The van der Waals surface area contributed by atoms with Crippen LogP contribution in [0, 0.1) is 6.92 Å². The summed E-state index contributed by atoms with van der Waals surface area (Å²) in [6.45, 7) is 7.45. The van der Waals surface area contributed by atoms with E-state index >= 15 is 0 Å². The number of ether oxygens (including phenoxy) is 1. The van der Waals surface area contributed by atoms with E-state index in [4.69, 9.17) is 4.74 Å². The minimum absolute atomic E-state index is 0. The molecule has 1 atom stereocenters. The molecule has 31 heavy (non-hydrogen) atoms. The lowest BCUT2D eigenvalue weighted by atomic mass is 10.1. The molecule has 2 rings (SSSR count). The molecule has 0 saturated carbocycles. The Morgan fingerprint density at radius 3 is 2.52 bits per heavy atom. The molecule has 1 unspecified atom stereocenters. The molecule has 1 heterocycles. The van der Waals surface area contributed by atoms with Gasteiger partial charge in [-0.2, -0.15) is 11.8 Å². The van der Waals surface area contributed by atoms with Crippen LogP contribution in [0.25, 0.3) is 0 Å². The Kier molecular flexibility index (Phi) is 12.9. The van der Waals surface area contributed by atoms with E-state index in [0.717, 1.165) is 41.7 Å². The second kappa shape index (κ2) is 14.5. The van der Waals surface area contributed by atoms with E-state index in [1.807, 2.05) is 68.4 Å². The van der Waals surface area contributed by atoms with Gasteiger partial charge in [0.15, 0.2) is 11.8 Å². The van der Waals surface area contributed by atoms with Crippen molar-refractivity contribution in [1.29, 1.82) is 0 Å². The second-order valence-electron chi connectivity index (χ2n) is 7.29. The van der Waals surface area contributed by atoms with Crippen molar-refractivity contribution in [2.24, 2.45) is 12.0 Å². The number of aromatic nitrogens is 3. The molecule has 174 valence electrons. The summed E-state index contributed by atoms with van der Waals surface area (Å²) in [4.78, 5) is 4.61. The molecular formula is C21H35IN6O2S. The second-order valence-corrected chi connectivity index (χ2v) is 8.28. The minimum Gasteiger partial charge on any atom is -0.491 e. The summed E-state index contributed by atoms with van der Waals surface area (Å²) >= 11 is 1.82. The number of hydrogen-bond donors (Lipinski definition) is 3. The zero-order valence-electron chi connectivity index (χ0n) is 19.0. The van der Waals surface area contributed by atoms with Gasteiger partial charge < -0.3 is 25.0 Å². The van der Waals surface area contributed by atoms with E-state index in [9.17, 15) is 5.11 Å². The Hall–Kier alpha value is -1.53. The number of guanidine groups is 1. The van der Waals surface area contributed by atoms with Gasteiger partial charge in [0.1, 0.15) is 18.1 Å². The number of nitrogens with one attached hydrogen (secondary N) is 2. The maximum Gasteiger partial charge on any atom is 0.191 e. The van der Waals surface area contributed by atoms with Crippen molar-refractivity contribution in [1.82, 2.24) is 25.4 Å². The fraction of sp³-hybridized carbons (Fsp3) is 0.571. The van der Waals surface area contributed by atoms with Crippen molar-refractivity contribution in [2.45, 2.75) is 45.9 Å². The first-order chi connectivity index (χ1) is 14.4. The summed E-state index contributed by atoms with van der Waals surface area (Å²) in [5.41, 5.74) is 0.823. The van der Waals surface area contributed by atoms with E-state index in [2.05, 4.69) is 32.1 Å². The topological polar surface area (TPSA) is 96.6 Å². The summed E-state index contributed by atoms with van der Waals surface area (Å²) < 4.78 is 7.58. The number of aliphatic imine (C=N–C) groups is 1. The molecular weight excluding hydrogens is 527 g/mol. The molecule has 10 heteroatoms. The SMILES string of the molecule is CSCCCNC(=NCc1nnc(C)n1C)NCC(O)c1ccc(OC(C)C)cc1.I. The molecule has 0 amide bonds. The number of aliphatic hydroxyl groups excluding tert-OH is 1. The smallest absolute Gasteiger partial charge is 0.191 e. The molecule has 0 saturated heterocycles. The Balaban J connectivity index is 0.00000480. The fourth-order valence-corrected chi connectivity index (χ4v) is 3.12. The standard InChI is InChI=1S/C21H34N6O2S.HI/c1-15(2)29-18-9-7-17(8-10-18)19(28)13-23-21(22-11-6-12-30-5)24-14-20-26-25-16(3)27(20)4;/h7-10,15,19,28H,6,11-14H2,1-5H3,(H2,22,23,24);1H. The third kappa shape index (κ3) is 9.65. The van der Waals surface area contributed by atoms with Crippen LogP contribution in [0.4, 0.5) is 0 Å². The number of nitrogens with zero attached hydrogens (tertiary/aromatic N) is 4. The monoisotopic (exact) mass is 562 g/mol. The summed E-state index contributed by atoms with van der Waals surface area (Å²) in [6.07, 6.45) is 2.59. The van der Waals surface area contributed by atoms with Gasteiger partial charge in [-0.1, -0.05) is 12.1 Å². The normalized spacial score (nSPS) is 12.4. The van der Waals surface area contributed by atoms with Gasteiger partial charge in [0, 0.05) is 20.1 Å². The van der Waals surface area contributed by atoms with Crippen LogP contribution in [-0.2, 0) is 13.6 Å². The minimum atomic E-state index is -0.659. The van der Waals surface area contributed by atoms with Crippen LogP contribution in [0.3, 0.4) is 0 Å². The molecule has 0 bridgehead atoms. The van der Waals surface area contributed by atoms with Crippen LogP contribution >= 0.6 is 35.7 Å². The average molecular weight is 563 g/mol. The number of benzene rings is 1. The number of halogens is 1. The van der Waals surface area contributed by atoms with Crippen molar-refractivity contribution in [2.75, 3.05) is 25.1 Å². The molecule has 1 aromatic carbocycles. The Labute approximate surface area is 206 Å². The zero-order chi connectivity index (χ0) is 21.9. The number of aryl methyl sites for hydroxylation is 1. The molecule has 2 aromatic rings. The number of rotatable bonds is 11. The van der Waals surface area contributed by atoms with Crippen molar-refractivity contribution < 1.29 is 9.84 Å². The average Bonchev–Trinajstić information content (AvgIpc) is 3.04. The molecule has 0 aliphatic rings. The van der Waals surface area contributed by atoms with Gasteiger partial charge in [-0.05, 0) is 56.9 Å². The van der Waals surface area contributed by atoms with Crippen LogP contribution < -0.4 is 15.4 Å². The number of thioether (sulfide) groups is 1. The number of aliphatic hydroxyl groups is 1. The maximum absolute atomic E-state index is 10.6. The van der Waals surface area contributed by atoms with Gasteiger partial charge in [-0.15, -0.1) is 34.2 Å². The highest BCUT2D eigenvalue weighted by atomic mass is 127. The van der Waals surface area contributed by atoms with Crippen LogP contribution in [-0.4, -0.2) is 57.0 Å². The van der Waals surface area contributed by atoms with E-state index in [1.54, 1.807) is 0 Å². The first-order valence-corrected chi connectivity index (χ1v) is 11.6. The first kappa shape index (κ1) is 27.5. The molecule has 0 spiro atoms. The maximum atomic E-state index is 10.6. The fourth-order valence-electron chi connectivity index (χ4n) is 2.69. The highest BCUT2D eigenvalue weighted by Gasteiger charge is 2.10. The summed E-state index contributed by atoms with van der Waals surface area (Å²) in [6, 6.07) is 7.53. The predicted octanol–water partition coefficient (Wildman–Crippen LogP) is 3.05. The Bertz CT molecular complexity index is 798. The van der Waals surface area contributed by atoms with Gasteiger partial charge in [-0.3, -0.25) is 0 Å². The quantitative estimate of drug-likeness (QED) is 0.168. The van der Waals surface area contributed by atoms with Crippen molar-refractivity contribution in [3.8, 4) is 5.75 Å². The zero-order valence-corrected chi connectivity index (χ0v) is 22.1. The number of hydrogen-bond acceptors (Lipinski definition) is 6. The molecule has 0 fully saturated rings. The lowest BCUT2D eigenvalue weighted by molar-refractivity contribution is 0.180. The van der Waals surface area contributed by atoms with Crippen molar-refractivity contribution in [3.05, 3.63) is 41.5 Å². The van der Waals surface area contributed by atoms with Crippen LogP contribution in [0.15, 0.2) is 29.3 Å². The van der Waals surface area contributed by atoms with E-state index < -0.39 is 6.10 Å². The third-order valence-corrected chi connectivity index (χ3v) is 5.18. The lowest BCUT2D eigenvalue weighted by Crippen LogP contribution is -2.40. The largest absolute Gasteiger partial charge is 0.491 e. The highest BCUT2D eigenvalue weighted by Crippen LogP contribution is 2.18. The Morgan fingerprint density at radius 1 is 1.23 bits per heavy atom. The van der Waals surface area contributed by atoms with Gasteiger partial charge in [0.25, 0.3) is 0 Å². The molecule has 0 aliphatic heterocycles. The summed E-state index contributed by atoms with van der Waals surface area (Å²) in [7, 11) is 1.93. The van der Waals surface area contributed by atoms with Crippen LogP contribution in [0.5, 0.6) is 5.75 Å². The lowest BCUT2D eigenvalue weighted by Gasteiger charge is -2.17. The van der Waals surface area contributed by atoms with Crippen molar-refractivity contribution >= 4 is 41.7 Å². The molecule has 8 nitrogen and oxygen atoms in total. The highest BCUT2D eigenvalue weighted by molar-refractivity contribution is 14.0. The Morgan fingerprint density at radius 2 is 1.94 bits per heavy atom. The van der Waals surface area contributed by atoms with Gasteiger partial charge in [0.05, 0.1) is 12.2 Å². The summed E-state index contributed by atoms with van der Waals surface area (Å²) in [5.74, 6) is 4.17. The third-order valence-electron chi connectivity index (χ3n) is 4.48. The van der Waals surface area contributed by atoms with Gasteiger partial charge in [-0.25, -0.2) is 4.99 Å². The van der Waals surface area contributed by atoms with Crippen molar-refractivity contribution in [3.63, 3.8) is 0 Å². The molecule has 3 N–H and O–H groups in total. The van der Waals surface area contributed by atoms with Crippen LogP contribution in [0.2, 0.25) is 0 Å². The molecule has 0 radical (unpaired) electrons. The van der Waals surface area contributed by atoms with E-state index in [0.29, 0.717) is 19.0 Å². The predicted molar refractivity (Wildman–Crippen MR) is 138 cm³/mol. The van der Waals surface area contributed by atoms with E-state index in [1.165, 1.54) is 0 Å². The van der Waals surface area contributed by atoms with Gasteiger partial charge in [0.2, 0.25) is 0 Å².